The molecule has 0 radical (unpaired) electrons. The maximum atomic E-state index is 12.9. The molecule has 1 atom stereocenters. The van der Waals surface area contributed by atoms with Crippen LogP contribution in [0.3, 0.4) is 0 Å². The molecule has 0 spiro atoms. The van der Waals surface area contributed by atoms with Crippen LogP contribution in [0.2, 0.25) is 0 Å². The molecule has 1 N–H and O–H groups in total. The van der Waals surface area contributed by atoms with Crippen molar-refractivity contribution in [2.75, 3.05) is 0 Å². The largest absolute Gasteiger partial charge is 0.340 e. The Balaban J connectivity index is 2.42. The highest BCUT2D eigenvalue weighted by Crippen LogP contribution is 2.32. The number of amides is 2. The zero-order chi connectivity index (χ0) is 16.7. The molecule has 0 unspecified atom stereocenters. The summed E-state index contributed by atoms with van der Waals surface area (Å²) in [4.78, 5) is 27.1. The van der Waals surface area contributed by atoms with Crippen molar-refractivity contribution >= 4 is 11.8 Å². The molecule has 1 heterocycles. The maximum Gasteiger partial charge on any atom is 0.250 e. The zero-order valence-electron chi connectivity index (χ0n) is 14.4. The number of benzene rings is 1. The van der Waals surface area contributed by atoms with Crippen molar-refractivity contribution in [1.82, 2.24) is 10.2 Å². The normalized spacial score (nSPS) is 18.9. The first-order valence-electron chi connectivity index (χ1n) is 7.72. The Morgan fingerprint density at radius 2 is 1.73 bits per heavy atom. The van der Waals surface area contributed by atoms with E-state index in [1.54, 1.807) is 0 Å². The van der Waals surface area contributed by atoms with Gasteiger partial charge in [-0.05, 0) is 31.9 Å². The number of rotatable bonds is 1. The van der Waals surface area contributed by atoms with Crippen LogP contribution in [0.25, 0.3) is 0 Å². The molecule has 0 aliphatic carbocycles. The Morgan fingerprint density at radius 3 is 2.27 bits per heavy atom. The van der Waals surface area contributed by atoms with E-state index in [4.69, 9.17) is 0 Å². The molecule has 2 amide bonds. The highest BCUT2D eigenvalue weighted by atomic mass is 16.2. The lowest BCUT2D eigenvalue weighted by Crippen LogP contribution is -2.54. The van der Waals surface area contributed by atoms with Crippen molar-refractivity contribution in [3.05, 3.63) is 35.4 Å². The molecule has 4 heteroatoms. The molecule has 1 aliphatic heterocycles. The van der Waals surface area contributed by atoms with Crippen molar-refractivity contribution in [3.63, 3.8) is 0 Å². The maximum absolute atomic E-state index is 12.9. The lowest BCUT2D eigenvalue weighted by molar-refractivity contribution is -0.144. The fourth-order valence-electron chi connectivity index (χ4n) is 2.55. The first-order chi connectivity index (χ1) is 10.0. The zero-order valence-corrected chi connectivity index (χ0v) is 14.4. The van der Waals surface area contributed by atoms with E-state index in [9.17, 15) is 9.59 Å². The van der Waals surface area contributed by atoms with Crippen LogP contribution in [0.5, 0.6) is 0 Å². The Labute approximate surface area is 132 Å². The average Bonchev–Trinajstić information content (AvgIpc) is 2.39. The van der Waals surface area contributed by atoms with Gasteiger partial charge in [-0.3, -0.25) is 9.59 Å². The topological polar surface area (TPSA) is 49.4 Å². The second kappa shape index (κ2) is 5.41. The summed E-state index contributed by atoms with van der Waals surface area (Å²) in [7, 11) is 0. The molecule has 1 aromatic rings. The summed E-state index contributed by atoms with van der Waals surface area (Å²) < 4.78 is 0. The number of hydrogen-bond acceptors (Lipinski definition) is 2. The molecule has 0 saturated heterocycles. The second-order valence-corrected chi connectivity index (χ2v) is 7.95. The average molecular weight is 302 g/mol. The molecule has 0 bridgehead atoms. The van der Waals surface area contributed by atoms with Gasteiger partial charge in [0.15, 0.2) is 0 Å². The van der Waals surface area contributed by atoms with Crippen LogP contribution in [0.15, 0.2) is 24.3 Å². The Morgan fingerprint density at radius 1 is 1.14 bits per heavy atom. The number of carbonyl (C=O) groups excluding carboxylic acids is 2. The molecule has 0 saturated carbocycles. The standard InChI is InChI=1S/C18H26N2O2/c1-17(2,3)16(22)19-14-13-10-8-7-9-12(13)11-20(15(14)21)18(4,5)6/h7-10,14H,11H2,1-6H3,(H,19,22)/t14-/m0/s1. The molecular formula is C18H26N2O2. The summed E-state index contributed by atoms with van der Waals surface area (Å²) in [6, 6.07) is 7.24. The highest BCUT2D eigenvalue weighted by molar-refractivity contribution is 5.92. The fourth-order valence-corrected chi connectivity index (χ4v) is 2.55. The van der Waals surface area contributed by atoms with Crippen molar-refractivity contribution in [3.8, 4) is 0 Å². The number of nitrogens with zero attached hydrogens (tertiary/aromatic N) is 1. The van der Waals surface area contributed by atoms with E-state index < -0.39 is 11.5 Å². The SMILES string of the molecule is CC(C)(C)C(=O)N[C@@H]1C(=O)N(C(C)(C)C)Cc2ccccc21. The van der Waals surface area contributed by atoms with Crippen molar-refractivity contribution in [1.29, 1.82) is 0 Å². The highest BCUT2D eigenvalue weighted by Gasteiger charge is 2.39. The van der Waals surface area contributed by atoms with E-state index in [1.165, 1.54) is 0 Å². The van der Waals surface area contributed by atoms with Crippen molar-refractivity contribution in [2.24, 2.45) is 5.41 Å². The third-order valence-corrected chi connectivity index (χ3v) is 3.97. The Bertz CT molecular complexity index is 594. The Hall–Kier alpha value is -1.84. The van der Waals surface area contributed by atoms with Gasteiger partial charge < -0.3 is 10.2 Å². The molecule has 4 nitrogen and oxygen atoms in total. The summed E-state index contributed by atoms with van der Waals surface area (Å²) in [5.74, 6) is -0.153. The van der Waals surface area contributed by atoms with E-state index in [-0.39, 0.29) is 17.4 Å². The third kappa shape index (κ3) is 3.16. The number of hydrogen-bond donors (Lipinski definition) is 1. The third-order valence-electron chi connectivity index (χ3n) is 3.97. The number of nitrogens with one attached hydrogen (secondary N) is 1. The van der Waals surface area contributed by atoms with Crippen molar-refractivity contribution in [2.45, 2.75) is 59.7 Å². The van der Waals surface area contributed by atoms with Gasteiger partial charge in [0.2, 0.25) is 5.91 Å². The van der Waals surface area contributed by atoms with Crippen LogP contribution in [0.4, 0.5) is 0 Å². The predicted octanol–water partition coefficient (Wildman–Crippen LogP) is 3.03. The molecular weight excluding hydrogens is 276 g/mol. The molecule has 22 heavy (non-hydrogen) atoms. The van der Waals surface area contributed by atoms with Crippen LogP contribution in [0.1, 0.15) is 58.7 Å². The molecule has 1 aromatic carbocycles. The van der Waals surface area contributed by atoms with Gasteiger partial charge in [-0.25, -0.2) is 0 Å². The minimum Gasteiger partial charge on any atom is -0.340 e. The molecule has 120 valence electrons. The van der Waals surface area contributed by atoms with Crippen molar-refractivity contribution < 1.29 is 9.59 Å². The van der Waals surface area contributed by atoms with Gasteiger partial charge in [0.05, 0.1) is 0 Å². The molecule has 0 aromatic heterocycles. The summed E-state index contributed by atoms with van der Waals surface area (Å²) in [5.41, 5.74) is 1.19. The van der Waals surface area contributed by atoms with E-state index in [2.05, 4.69) is 5.32 Å². The molecule has 0 fully saturated rings. The minimum absolute atomic E-state index is 0.0381. The van der Waals surface area contributed by atoms with Crippen LogP contribution in [-0.4, -0.2) is 22.3 Å². The first kappa shape index (κ1) is 16.5. The molecule has 1 aliphatic rings. The lowest BCUT2D eigenvalue weighted by Gasteiger charge is -2.42. The minimum atomic E-state index is -0.601. The van der Waals surface area contributed by atoms with Gasteiger partial charge in [-0.2, -0.15) is 0 Å². The smallest absolute Gasteiger partial charge is 0.250 e. The predicted molar refractivity (Wildman–Crippen MR) is 87.1 cm³/mol. The van der Waals surface area contributed by atoms with Crippen LogP contribution in [0, 0.1) is 5.41 Å². The second-order valence-electron chi connectivity index (χ2n) is 7.95. The molecule has 2 rings (SSSR count). The van der Waals surface area contributed by atoms with Gasteiger partial charge in [-0.1, -0.05) is 45.0 Å². The van der Waals surface area contributed by atoms with Gasteiger partial charge >= 0.3 is 0 Å². The Kier molecular flexibility index (Phi) is 4.07. The van der Waals surface area contributed by atoms with E-state index in [0.717, 1.165) is 11.1 Å². The van der Waals surface area contributed by atoms with Gasteiger partial charge in [0.1, 0.15) is 6.04 Å². The summed E-state index contributed by atoms with van der Waals surface area (Å²) in [6.07, 6.45) is 0. The summed E-state index contributed by atoms with van der Waals surface area (Å²) >= 11 is 0. The van der Waals surface area contributed by atoms with E-state index in [0.29, 0.717) is 6.54 Å². The number of fused-ring (bicyclic) bond motifs is 1. The van der Waals surface area contributed by atoms with Crippen LogP contribution >= 0.6 is 0 Å². The van der Waals surface area contributed by atoms with Crippen LogP contribution in [-0.2, 0) is 16.1 Å². The van der Waals surface area contributed by atoms with E-state index in [1.807, 2.05) is 70.7 Å². The first-order valence-corrected chi connectivity index (χ1v) is 7.72. The van der Waals surface area contributed by atoms with Gasteiger partial charge in [0.25, 0.3) is 5.91 Å². The lowest BCUT2D eigenvalue weighted by atomic mass is 9.89. The monoisotopic (exact) mass is 302 g/mol. The van der Waals surface area contributed by atoms with Gasteiger partial charge in [0, 0.05) is 17.5 Å². The number of carbonyl (C=O) groups is 2. The summed E-state index contributed by atoms with van der Waals surface area (Å²) in [5, 5.41) is 2.94. The fraction of sp³-hybridized carbons (Fsp3) is 0.556. The van der Waals surface area contributed by atoms with Gasteiger partial charge in [-0.15, -0.1) is 0 Å². The van der Waals surface area contributed by atoms with E-state index >= 15 is 0 Å². The quantitative estimate of drug-likeness (QED) is 0.867. The van der Waals surface area contributed by atoms with Crippen LogP contribution < -0.4 is 5.32 Å². The summed E-state index contributed by atoms with van der Waals surface area (Å²) in [6.45, 7) is 12.2.